The number of ketones is 1. The van der Waals surface area contributed by atoms with Crippen LogP contribution in [0.4, 0.5) is 0 Å². The van der Waals surface area contributed by atoms with E-state index in [2.05, 4.69) is 18.2 Å². The van der Waals surface area contributed by atoms with Crippen LogP contribution in [0.5, 0.6) is 5.75 Å². The molecule has 2 aromatic carbocycles. The Morgan fingerprint density at radius 1 is 1.00 bits per heavy atom. The number of carbonyl (C=O) groups is 1. The lowest BCUT2D eigenvalue weighted by atomic mass is 9.64. The number of benzene rings is 2. The number of ether oxygens (including phenoxy) is 1. The highest BCUT2D eigenvalue weighted by molar-refractivity contribution is 5.83. The molecule has 4 rings (SSSR count). The van der Waals surface area contributed by atoms with Crippen LogP contribution in [-0.4, -0.2) is 11.9 Å². The van der Waals surface area contributed by atoms with E-state index in [1.807, 2.05) is 36.4 Å². The molecule has 0 unspecified atom stereocenters. The van der Waals surface area contributed by atoms with Crippen LogP contribution in [0.3, 0.4) is 0 Å². The van der Waals surface area contributed by atoms with E-state index in [1.165, 1.54) is 11.1 Å². The van der Waals surface area contributed by atoms with Gasteiger partial charge in [0.25, 0.3) is 0 Å². The first-order valence-electron chi connectivity index (χ1n) is 7.14. The van der Waals surface area contributed by atoms with Crippen molar-refractivity contribution in [3.8, 4) is 5.75 Å². The van der Waals surface area contributed by atoms with Crippen LogP contribution in [0.25, 0.3) is 0 Å². The predicted molar refractivity (Wildman–Crippen MR) is 76.9 cm³/mol. The molecule has 0 aromatic heterocycles. The Balaban J connectivity index is 1.97. The van der Waals surface area contributed by atoms with E-state index in [-0.39, 0.29) is 11.5 Å². The molecule has 2 nitrogen and oxygen atoms in total. The summed E-state index contributed by atoms with van der Waals surface area (Å²) in [4.78, 5) is 12.1. The van der Waals surface area contributed by atoms with Crippen molar-refractivity contribution in [3.05, 3.63) is 65.7 Å². The maximum atomic E-state index is 12.1. The number of hydrogen-bond donors (Lipinski definition) is 0. The average molecular weight is 264 g/mol. The Bertz CT molecular complexity index is 662. The van der Waals surface area contributed by atoms with Crippen LogP contribution in [0.1, 0.15) is 30.4 Å². The van der Waals surface area contributed by atoms with Crippen molar-refractivity contribution in [2.45, 2.75) is 30.8 Å². The van der Waals surface area contributed by atoms with Gasteiger partial charge in [0, 0.05) is 18.4 Å². The summed E-state index contributed by atoms with van der Waals surface area (Å²) >= 11 is 0. The van der Waals surface area contributed by atoms with E-state index in [9.17, 15) is 4.79 Å². The number of Topliss-reactive ketones (excluding diaryl/α,β-unsaturated/α-hetero) is 1. The highest BCUT2D eigenvalue weighted by atomic mass is 16.5. The summed E-state index contributed by atoms with van der Waals surface area (Å²) in [5.74, 6) is 1.28. The molecule has 2 aromatic rings. The van der Waals surface area contributed by atoms with Crippen LogP contribution in [0.2, 0.25) is 0 Å². The molecule has 1 heterocycles. The molecular weight excluding hydrogens is 248 g/mol. The van der Waals surface area contributed by atoms with Gasteiger partial charge in [0.05, 0.1) is 5.41 Å². The quantitative estimate of drug-likeness (QED) is 0.788. The summed E-state index contributed by atoms with van der Waals surface area (Å²) in [6, 6.07) is 18.5. The average Bonchev–Trinajstić information content (AvgIpc) is 2.83. The van der Waals surface area contributed by atoms with Gasteiger partial charge >= 0.3 is 0 Å². The molecule has 1 aliphatic heterocycles. The van der Waals surface area contributed by atoms with E-state index in [0.717, 1.165) is 12.2 Å². The predicted octanol–water partition coefficient (Wildman–Crippen LogP) is 3.49. The zero-order chi connectivity index (χ0) is 13.6. The normalized spacial score (nSPS) is 27.6. The van der Waals surface area contributed by atoms with Crippen molar-refractivity contribution in [3.63, 3.8) is 0 Å². The molecule has 1 aliphatic carbocycles. The fourth-order valence-electron chi connectivity index (χ4n) is 3.75. The monoisotopic (exact) mass is 264 g/mol. The first-order valence-corrected chi connectivity index (χ1v) is 7.14. The minimum absolute atomic E-state index is 0.0833. The molecule has 2 aliphatic rings. The molecule has 2 heteroatoms. The van der Waals surface area contributed by atoms with E-state index in [0.29, 0.717) is 18.6 Å². The zero-order valence-corrected chi connectivity index (χ0v) is 11.2. The molecule has 1 fully saturated rings. The fourth-order valence-corrected chi connectivity index (χ4v) is 3.75. The Hall–Kier alpha value is -2.09. The standard InChI is InChI=1S/C18H16O2/c19-14-10-11-17-18(12-14,13-6-2-1-3-7-13)15-8-4-5-9-16(15)20-17/h1-9,17H,10-12H2/t17-,18+/m1/s1. The van der Waals surface area contributed by atoms with E-state index < -0.39 is 0 Å². The number of hydrogen-bond acceptors (Lipinski definition) is 2. The van der Waals surface area contributed by atoms with Gasteiger partial charge in [-0.1, -0.05) is 48.5 Å². The number of carbonyl (C=O) groups excluding carboxylic acids is 1. The molecule has 100 valence electrons. The third-order valence-corrected chi connectivity index (χ3v) is 4.64. The highest BCUT2D eigenvalue weighted by Gasteiger charge is 2.53. The van der Waals surface area contributed by atoms with Crippen LogP contribution in [0.15, 0.2) is 54.6 Å². The molecule has 0 N–H and O–H groups in total. The third kappa shape index (κ3) is 1.48. The Morgan fingerprint density at radius 3 is 2.60 bits per heavy atom. The van der Waals surface area contributed by atoms with E-state index >= 15 is 0 Å². The van der Waals surface area contributed by atoms with Crippen molar-refractivity contribution in [1.29, 1.82) is 0 Å². The lowest BCUT2D eigenvalue weighted by Gasteiger charge is -2.37. The second-order valence-electron chi connectivity index (χ2n) is 5.69. The van der Waals surface area contributed by atoms with Gasteiger partial charge in [-0.25, -0.2) is 0 Å². The Morgan fingerprint density at radius 2 is 1.75 bits per heavy atom. The molecule has 0 spiro atoms. The molecule has 1 saturated carbocycles. The Kier molecular flexibility index (Phi) is 2.46. The number of fused-ring (bicyclic) bond motifs is 3. The smallest absolute Gasteiger partial charge is 0.134 e. The summed E-state index contributed by atoms with van der Waals surface area (Å²) in [7, 11) is 0. The first kappa shape index (κ1) is 11.7. The summed E-state index contributed by atoms with van der Waals surface area (Å²) < 4.78 is 6.16. The van der Waals surface area contributed by atoms with Crippen molar-refractivity contribution >= 4 is 5.78 Å². The van der Waals surface area contributed by atoms with Gasteiger partial charge in [-0.15, -0.1) is 0 Å². The van der Waals surface area contributed by atoms with Gasteiger partial charge in [-0.05, 0) is 18.1 Å². The lowest BCUT2D eigenvalue weighted by molar-refractivity contribution is -0.123. The fraction of sp³-hybridized carbons (Fsp3) is 0.278. The summed E-state index contributed by atoms with van der Waals surface area (Å²) in [5.41, 5.74) is 2.08. The summed E-state index contributed by atoms with van der Waals surface area (Å²) in [6.07, 6.45) is 2.08. The van der Waals surface area contributed by atoms with Crippen LogP contribution < -0.4 is 4.74 Å². The van der Waals surface area contributed by atoms with E-state index in [1.54, 1.807) is 0 Å². The van der Waals surface area contributed by atoms with Gasteiger partial charge in [0.2, 0.25) is 0 Å². The van der Waals surface area contributed by atoms with Crippen molar-refractivity contribution in [1.82, 2.24) is 0 Å². The molecule has 2 atom stereocenters. The second kappa shape index (κ2) is 4.20. The van der Waals surface area contributed by atoms with Crippen molar-refractivity contribution in [2.75, 3.05) is 0 Å². The topological polar surface area (TPSA) is 26.3 Å². The lowest BCUT2D eigenvalue weighted by Crippen LogP contribution is -2.44. The minimum atomic E-state index is -0.285. The van der Waals surface area contributed by atoms with Gasteiger partial charge in [0.1, 0.15) is 17.6 Å². The van der Waals surface area contributed by atoms with Crippen LogP contribution >= 0.6 is 0 Å². The maximum Gasteiger partial charge on any atom is 0.134 e. The number of para-hydroxylation sites is 1. The summed E-state index contributed by atoms with van der Waals surface area (Å²) in [5, 5.41) is 0. The van der Waals surface area contributed by atoms with Crippen LogP contribution in [0, 0.1) is 0 Å². The first-order chi connectivity index (χ1) is 9.80. The molecular formula is C18H16O2. The van der Waals surface area contributed by atoms with E-state index in [4.69, 9.17) is 4.74 Å². The molecule has 0 bridgehead atoms. The van der Waals surface area contributed by atoms with Gasteiger partial charge in [-0.3, -0.25) is 4.79 Å². The van der Waals surface area contributed by atoms with Crippen molar-refractivity contribution < 1.29 is 9.53 Å². The van der Waals surface area contributed by atoms with Crippen LogP contribution in [-0.2, 0) is 10.2 Å². The minimum Gasteiger partial charge on any atom is -0.489 e. The molecule has 0 amide bonds. The van der Waals surface area contributed by atoms with Gasteiger partial charge in [-0.2, -0.15) is 0 Å². The highest BCUT2D eigenvalue weighted by Crippen LogP contribution is 2.53. The summed E-state index contributed by atoms with van der Waals surface area (Å²) in [6.45, 7) is 0. The molecule has 0 radical (unpaired) electrons. The third-order valence-electron chi connectivity index (χ3n) is 4.64. The second-order valence-corrected chi connectivity index (χ2v) is 5.69. The van der Waals surface area contributed by atoms with Crippen molar-refractivity contribution in [2.24, 2.45) is 0 Å². The molecule has 20 heavy (non-hydrogen) atoms. The maximum absolute atomic E-state index is 12.1. The zero-order valence-electron chi connectivity index (χ0n) is 11.2. The van der Waals surface area contributed by atoms with Gasteiger partial charge in [0.15, 0.2) is 0 Å². The Labute approximate surface area is 118 Å². The number of rotatable bonds is 1. The molecule has 0 saturated heterocycles. The van der Waals surface area contributed by atoms with Gasteiger partial charge < -0.3 is 4.74 Å². The SMILES string of the molecule is O=C1CC[C@H]2Oc3ccccc3[C@@]2(c2ccccc2)C1. The largest absolute Gasteiger partial charge is 0.489 e.